The summed E-state index contributed by atoms with van der Waals surface area (Å²) in [6, 6.07) is 5.70. The van der Waals surface area contributed by atoms with Crippen LogP contribution in [0.25, 0.3) is 0 Å². The Labute approximate surface area is 184 Å². The fourth-order valence-corrected chi connectivity index (χ4v) is 5.21. The van der Waals surface area contributed by atoms with Crippen molar-refractivity contribution in [2.45, 2.75) is 18.0 Å². The number of rotatable bonds is 4. The second kappa shape index (κ2) is 8.83. The molecule has 2 saturated heterocycles. The average Bonchev–Trinajstić information content (AvgIpc) is 2.79. The molecule has 2 fully saturated rings. The minimum Gasteiger partial charge on any atom is -0.378 e. The molecule has 1 aromatic heterocycles. The first-order chi connectivity index (χ1) is 15.1. The molecule has 0 unspecified atom stereocenters. The smallest absolute Gasteiger partial charge is 0.378 e. The fraction of sp³-hybridized carbons (Fsp3) is 0.500. The largest absolute Gasteiger partial charge is 0.416 e. The van der Waals surface area contributed by atoms with E-state index >= 15 is 0 Å². The molecule has 174 valence electrons. The number of aryl methyl sites for hydroxylation is 1. The predicted molar refractivity (Wildman–Crippen MR) is 112 cm³/mol. The zero-order valence-corrected chi connectivity index (χ0v) is 18.4. The highest BCUT2D eigenvalue weighted by atomic mass is 32.2. The van der Waals surface area contributed by atoms with Crippen molar-refractivity contribution >= 4 is 21.8 Å². The fourth-order valence-electron chi connectivity index (χ4n) is 3.74. The Morgan fingerprint density at radius 3 is 2.28 bits per heavy atom. The van der Waals surface area contributed by atoms with Crippen molar-refractivity contribution in [2.75, 3.05) is 62.3 Å². The summed E-state index contributed by atoms with van der Waals surface area (Å²) in [5.41, 5.74) is -0.181. The van der Waals surface area contributed by atoms with Gasteiger partial charge in [0.2, 0.25) is 16.0 Å². The highest BCUT2D eigenvalue weighted by Crippen LogP contribution is 2.31. The van der Waals surface area contributed by atoms with Gasteiger partial charge in [-0.05, 0) is 25.1 Å². The summed E-state index contributed by atoms with van der Waals surface area (Å²) in [6.07, 6.45) is -4.60. The lowest BCUT2D eigenvalue weighted by molar-refractivity contribution is -0.137. The van der Waals surface area contributed by atoms with Gasteiger partial charge in [0.1, 0.15) is 5.82 Å². The summed E-state index contributed by atoms with van der Waals surface area (Å²) in [5.74, 6) is 1.32. The molecule has 4 rings (SSSR count). The first kappa shape index (κ1) is 22.7. The molecule has 0 atom stereocenters. The van der Waals surface area contributed by atoms with E-state index in [4.69, 9.17) is 4.74 Å². The van der Waals surface area contributed by atoms with Crippen LogP contribution < -0.4 is 9.80 Å². The molecule has 0 aliphatic carbocycles. The van der Waals surface area contributed by atoms with Gasteiger partial charge in [-0.2, -0.15) is 22.5 Å². The van der Waals surface area contributed by atoms with E-state index in [9.17, 15) is 21.6 Å². The van der Waals surface area contributed by atoms with Gasteiger partial charge in [-0.1, -0.05) is 6.07 Å². The van der Waals surface area contributed by atoms with E-state index in [-0.39, 0.29) is 18.0 Å². The van der Waals surface area contributed by atoms with Crippen LogP contribution in [0.3, 0.4) is 0 Å². The Kier molecular flexibility index (Phi) is 6.28. The summed E-state index contributed by atoms with van der Waals surface area (Å²) in [7, 11) is -4.03. The molecule has 8 nitrogen and oxygen atoms in total. The maximum atomic E-state index is 13.0. The van der Waals surface area contributed by atoms with E-state index in [1.54, 1.807) is 0 Å². The molecule has 32 heavy (non-hydrogen) atoms. The third-order valence-corrected chi connectivity index (χ3v) is 7.38. The monoisotopic (exact) mass is 471 g/mol. The van der Waals surface area contributed by atoms with Crippen LogP contribution in [0.5, 0.6) is 0 Å². The molecule has 0 saturated carbocycles. The standard InChI is InChI=1S/C20H24F3N5O3S/c1-15-13-18(25-19(24-15)27-9-11-31-12-10-27)26-5-7-28(8-6-26)32(29,30)17-4-2-3-16(14-17)20(21,22)23/h2-4,13-14H,5-12H2,1H3. The van der Waals surface area contributed by atoms with Crippen molar-refractivity contribution in [1.29, 1.82) is 0 Å². The predicted octanol–water partition coefficient (Wildman–Crippen LogP) is 2.15. The highest BCUT2D eigenvalue weighted by molar-refractivity contribution is 7.89. The Morgan fingerprint density at radius 1 is 0.938 bits per heavy atom. The van der Waals surface area contributed by atoms with Crippen molar-refractivity contribution in [3.05, 3.63) is 41.6 Å². The van der Waals surface area contributed by atoms with Crippen molar-refractivity contribution in [1.82, 2.24) is 14.3 Å². The Balaban J connectivity index is 1.48. The molecule has 2 aromatic rings. The van der Waals surface area contributed by atoms with Gasteiger partial charge >= 0.3 is 6.18 Å². The summed E-state index contributed by atoms with van der Waals surface area (Å²) < 4.78 is 71.4. The Bertz CT molecular complexity index is 1070. The lowest BCUT2D eigenvalue weighted by atomic mass is 10.2. The van der Waals surface area contributed by atoms with Crippen LogP contribution >= 0.6 is 0 Å². The molecule has 0 bridgehead atoms. The number of piperazine rings is 1. The maximum absolute atomic E-state index is 13.0. The number of morpholine rings is 1. The number of sulfonamides is 1. The Morgan fingerprint density at radius 2 is 1.62 bits per heavy atom. The molecule has 0 N–H and O–H groups in total. The first-order valence-corrected chi connectivity index (χ1v) is 11.7. The molecule has 0 radical (unpaired) electrons. The van der Waals surface area contributed by atoms with Crippen LogP contribution in [-0.2, 0) is 20.9 Å². The second-order valence-electron chi connectivity index (χ2n) is 7.68. The quantitative estimate of drug-likeness (QED) is 0.676. The molecule has 2 aliphatic rings. The lowest BCUT2D eigenvalue weighted by Crippen LogP contribution is -2.49. The highest BCUT2D eigenvalue weighted by Gasteiger charge is 2.34. The number of aromatic nitrogens is 2. The number of anilines is 2. The van der Waals surface area contributed by atoms with Crippen LogP contribution in [-0.4, -0.2) is 75.2 Å². The van der Waals surface area contributed by atoms with E-state index < -0.39 is 21.8 Å². The number of halogens is 3. The lowest BCUT2D eigenvalue weighted by Gasteiger charge is -2.35. The third-order valence-electron chi connectivity index (χ3n) is 5.48. The topological polar surface area (TPSA) is 78.9 Å². The van der Waals surface area contributed by atoms with Crippen LogP contribution in [0, 0.1) is 6.92 Å². The van der Waals surface area contributed by atoms with Crippen LogP contribution in [0.15, 0.2) is 35.2 Å². The molecule has 0 spiro atoms. The van der Waals surface area contributed by atoms with Gasteiger partial charge in [-0.15, -0.1) is 0 Å². The Hall–Kier alpha value is -2.44. The van der Waals surface area contributed by atoms with Crippen molar-refractivity contribution in [3.63, 3.8) is 0 Å². The molecule has 0 amide bonds. The third kappa shape index (κ3) is 4.81. The number of hydrogen-bond acceptors (Lipinski definition) is 7. The molecule has 3 heterocycles. The molecular weight excluding hydrogens is 447 g/mol. The molecule has 12 heteroatoms. The molecule has 1 aromatic carbocycles. The molecule has 2 aliphatic heterocycles. The van der Waals surface area contributed by atoms with E-state index in [1.165, 1.54) is 10.4 Å². The number of benzene rings is 1. The van der Waals surface area contributed by atoms with Crippen LogP contribution in [0.2, 0.25) is 0 Å². The van der Waals surface area contributed by atoms with Crippen LogP contribution in [0.4, 0.5) is 24.9 Å². The van der Waals surface area contributed by atoms with Crippen molar-refractivity contribution in [3.8, 4) is 0 Å². The van der Waals surface area contributed by atoms with Gasteiger partial charge < -0.3 is 14.5 Å². The zero-order chi connectivity index (χ0) is 22.9. The first-order valence-electron chi connectivity index (χ1n) is 10.3. The van der Waals surface area contributed by atoms with Gasteiger partial charge in [0, 0.05) is 51.0 Å². The van der Waals surface area contributed by atoms with Gasteiger partial charge in [0.05, 0.1) is 23.7 Å². The summed E-state index contributed by atoms with van der Waals surface area (Å²) >= 11 is 0. The van der Waals surface area contributed by atoms with E-state index in [0.717, 1.165) is 17.8 Å². The number of alkyl halides is 3. The SMILES string of the molecule is Cc1cc(N2CCN(S(=O)(=O)c3cccc(C(F)(F)F)c3)CC2)nc(N2CCOCC2)n1. The van der Waals surface area contributed by atoms with E-state index in [2.05, 4.69) is 9.97 Å². The number of ether oxygens (including phenoxy) is 1. The average molecular weight is 472 g/mol. The van der Waals surface area contributed by atoms with Gasteiger partial charge in [0.25, 0.3) is 0 Å². The normalized spacial score (nSPS) is 18.8. The zero-order valence-electron chi connectivity index (χ0n) is 17.5. The number of hydrogen-bond donors (Lipinski definition) is 0. The van der Waals surface area contributed by atoms with Gasteiger partial charge in [-0.25, -0.2) is 13.4 Å². The maximum Gasteiger partial charge on any atom is 0.416 e. The van der Waals surface area contributed by atoms with Gasteiger partial charge in [-0.3, -0.25) is 0 Å². The number of nitrogens with zero attached hydrogens (tertiary/aromatic N) is 5. The van der Waals surface area contributed by atoms with Crippen molar-refractivity contribution in [2.24, 2.45) is 0 Å². The summed E-state index contributed by atoms with van der Waals surface area (Å²) in [4.78, 5) is 12.8. The van der Waals surface area contributed by atoms with E-state index in [1.807, 2.05) is 22.8 Å². The minimum atomic E-state index is -4.60. The second-order valence-corrected chi connectivity index (χ2v) is 9.62. The van der Waals surface area contributed by atoms with Crippen molar-refractivity contribution < 1.29 is 26.3 Å². The summed E-state index contributed by atoms with van der Waals surface area (Å²) in [6.45, 7) is 5.54. The van der Waals surface area contributed by atoms with Crippen LogP contribution in [0.1, 0.15) is 11.3 Å². The van der Waals surface area contributed by atoms with Gasteiger partial charge in [0.15, 0.2) is 0 Å². The molecular formula is C20H24F3N5O3S. The summed E-state index contributed by atoms with van der Waals surface area (Å²) in [5, 5.41) is 0. The minimum absolute atomic E-state index is 0.147. The van der Waals surface area contributed by atoms with E-state index in [0.29, 0.717) is 57.2 Å².